The Balaban J connectivity index is 1.60. The molecule has 2 atom stereocenters. The number of ether oxygens (including phenoxy) is 2. The van der Waals surface area contributed by atoms with Crippen molar-refractivity contribution >= 4 is 9.84 Å². The molecule has 0 spiro atoms. The van der Waals surface area contributed by atoms with Crippen molar-refractivity contribution in [3.8, 4) is 23.3 Å². The molecule has 32 heavy (non-hydrogen) atoms. The van der Waals surface area contributed by atoms with Gasteiger partial charge in [-0.3, -0.25) is 4.98 Å². The third kappa shape index (κ3) is 4.43. The van der Waals surface area contributed by atoms with Crippen LogP contribution in [0.3, 0.4) is 0 Å². The van der Waals surface area contributed by atoms with Crippen LogP contribution in [0.2, 0.25) is 0 Å². The molecular weight excluding hydrogens is 432 g/mol. The van der Waals surface area contributed by atoms with Gasteiger partial charge in [0.25, 0.3) is 0 Å². The Kier molecular flexibility index (Phi) is 6.09. The van der Waals surface area contributed by atoms with Gasteiger partial charge in [-0.2, -0.15) is 0 Å². The van der Waals surface area contributed by atoms with Crippen molar-refractivity contribution in [1.29, 1.82) is 0 Å². The molecule has 0 unspecified atom stereocenters. The van der Waals surface area contributed by atoms with Gasteiger partial charge in [-0.1, -0.05) is 13.0 Å². The summed E-state index contributed by atoms with van der Waals surface area (Å²) in [6.45, 7) is 3.52. The van der Waals surface area contributed by atoms with E-state index in [1.54, 1.807) is 26.3 Å². The predicted molar refractivity (Wildman–Crippen MR) is 117 cm³/mol. The van der Waals surface area contributed by atoms with Gasteiger partial charge in [0.1, 0.15) is 17.3 Å². The number of sulfone groups is 1. The second kappa shape index (κ2) is 8.81. The molecule has 1 aliphatic rings. The average molecular weight is 459 g/mol. The van der Waals surface area contributed by atoms with Crippen molar-refractivity contribution in [3.63, 3.8) is 0 Å². The summed E-state index contributed by atoms with van der Waals surface area (Å²) in [5.74, 6) is 1.26. The molecule has 10 nitrogen and oxygen atoms in total. The average Bonchev–Trinajstić information content (AvgIpc) is 3.57. The maximum absolute atomic E-state index is 13.3. The fraction of sp³-hybridized carbons (Fsp3) is 0.476. The summed E-state index contributed by atoms with van der Waals surface area (Å²) in [5, 5.41) is 7.84. The topological polar surface area (TPSA) is 122 Å². The van der Waals surface area contributed by atoms with E-state index in [-0.39, 0.29) is 17.7 Å². The highest BCUT2D eigenvalue weighted by Gasteiger charge is 2.35. The highest BCUT2D eigenvalue weighted by atomic mass is 32.2. The molecule has 1 aliphatic carbocycles. The number of rotatable bonds is 9. The molecule has 0 aromatic carbocycles. The summed E-state index contributed by atoms with van der Waals surface area (Å²) in [5.41, 5.74) is 1.19. The minimum atomic E-state index is -3.55. The molecule has 0 N–H and O–H groups in total. The minimum Gasteiger partial charge on any atom is -0.481 e. The van der Waals surface area contributed by atoms with Gasteiger partial charge in [0, 0.05) is 18.0 Å². The highest BCUT2D eigenvalue weighted by Crippen LogP contribution is 2.39. The first-order valence-electron chi connectivity index (χ1n) is 10.4. The van der Waals surface area contributed by atoms with Crippen LogP contribution in [-0.4, -0.2) is 57.6 Å². The van der Waals surface area contributed by atoms with E-state index in [1.165, 1.54) is 13.3 Å². The fourth-order valence-corrected chi connectivity index (χ4v) is 5.08. The van der Waals surface area contributed by atoms with E-state index in [4.69, 9.17) is 9.47 Å². The van der Waals surface area contributed by atoms with Crippen LogP contribution in [0.25, 0.3) is 11.5 Å². The van der Waals surface area contributed by atoms with Crippen LogP contribution in [-0.2, 0) is 15.6 Å². The number of nitrogens with zero attached hydrogens (tertiary/aromatic N) is 6. The molecule has 4 rings (SSSR count). The lowest BCUT2D eigenvalue weighted by Crippen LogP contribution is -2.27. The van der Waals surface area contributed by atoms with Gasteiger partial charge < -0.3 is 14.0 Å². The second-order valence-electron chi connectivity index (χ2n) is 7.89. The van der Waals surface area contributed by atoms with Crippen LogP contribution in [0, 0.1) is 0 Å². The number of pyridine rings is 1. The first-order chi connectivity index (χ1) is 15.3. The van der Waals surface area contributed by atoms with Crippen LogP contribution < -0.4 is 9.47 Å². The number of methoxy groups -OCH3 is 2. The van der Waals surface area contributed by atoms with Crippen molar-refractivity contribution in [2.75, 3.05) is 14.2 Å². The molecule has 170 valence electrons. The van der Waals surface area contributed by atoms with Gasteiger partial charge in [0.05, 0.1) is 37.6 Å². The molecule has 3 aromatic rings. The minimum absolute atomic E-state index is 0.179. The van der Waals surface area contributed by atoms with E-state index in [0.717, 1.165) is 12.8 Å². The summed E-state index contributed by atoms with van der Waals surface area (Å²) < 4.78 is 38.7. The highest BCUT2D eigenvalue weighted by molar-refractivity contribution is 7.91. The lowest BCUT2D eigenvalue weighted by atomic mass is 10.1. The molecular formula is C21H26N6O4S. The van der Waals surface area contributed by atoms with Crippen molar-refractivity contribution in [1.82, 2.24) is 29.7 Å². The molecule has 11 heteroatoms. The van der Waals surface area contributed by atoms with E-state index < -0.39 is 15.1 Å². The molecule has 3 aromatic heterocycles. The quantitative estimate of drug-likeness (QED) is 0.476. The van der Waals surface area contributed by atoms with E-state index in [0.29, 0.717) is 34.8 Å². The SMILES string of the molecule is COc1cnc([C@@H](C)[C@H](C)S(=O)(=O)Cc2nnc(-c3cccc(OC)n3)n2C2CC2)cn1. The van der Waals surface area contributed by atoms with E-state index in [1.807, 2.05) is 23.6 Å². The van der Waals surface area contributed by atoms with Crippen LogP contribution in [0.4, 0.5) is 0 Å². The Morgan fingerprint density at radius 1 is 1.06 bits per heavy atom. The maximum atomic E-state index is 13.3. The van der Waals surface area contributed by atoms with E-state index in [2.05, 4.69) is 25.1 Å². The molecule has 0 aliphatic heterocycles. The zero-order valence-electron chi connectivity index (χ0n) is 18.5. The van der Waals surface area contributed by atoms with Crippen molar-refractivity contribution < 1.29 is 17.9 Å². The summed E-state index contributed by atoms with van der Waals surface area (Å²) in [6, 6.07) is 5.57. The van der Waals surface area contributed by atoms with Crippen LogP contribution in [0.5, 0.6) is 11.8 Å². The number of hydrogen-bond donors (Lipinski definition) is 0. The normalized spacial score (nSPS) is 15.9. The van der Waals surface area contributed by atoms with Crippen LogP contribution in [0.1, 0.15) is 50.2 Å². The maximum Gasteiger partial charge on any atom is 0.231 e. The van der Waals surface area contributed by atoms with Gasteiger partial charge in [0.15, 0.2) is 15.7 Å². The lowest BCUT2D eigenvalue weighted by molar-refractivity contribution is 0.394. The Hall–Kier alpha value is -3.08. The van der Waals surface area contributed by atoms with Gasteiger partial charge >= 0.3 is 0 Å². The van der Waals surface area contributed by atoms with E-state index in [9.17, 15) is 8.42 Å². The van der Waals surface area contributed by atoms with E-state index >= 15 is 0 Å². The lowest BCUT2D eigenvalue weighted by Gasteiger charge is -2.20. The van der Waals surface area contributed by atoms with Gasteiger partial charge in [-0.05, 0) is 25.8 Å². The second-order valence-corrected chi connectivity index (χ2v) is 10.2. The molecule has 1 saturated carbocycles. The van der Waals surface area contributed by atoms with Crippen molar-refractivity contribution in [2.45, 2.75) is 49.7 Å². The summed E-state index contributed by atoms with van der Waals surface area (Å²) in [7, 11) is -0.501. The third-order valence-electron chi connectivity index (χ3n) is 5.76. The fourth-order valence-electron chi connectivity index (χ4n) is 3.50. The molecule has 0 radical (unpaired) electrons. The summed E-state index contributed by atoms with van der Waals surface area (Å²) >= 11 is 0. The third-order valence-corrected chi connectivity index (χ3v) is 7.97. The molecule has 3 heterocycles. The first-order valence-corrected chi connectivity index (χ1v) is 12.1. The summed E-state index contributed by atoms with van der Waals surface area (Å²) in [4.78, 5) is 12.9. The van der Waals surface area contributed by atoms with Crippen molar-refractivity contribution in [2.24, 2.45) is 0 Å². The standard InChI is InChI=1S/C21H26N6O4S/c1-13(17-10-23-20(31-4)11-22-17)14(2)32(28,29)12-18-25-26-21(27(18)15-8-9-15)16-6-5-7-19(24-16)30-3/h5-7,10-11,13-15H,8-9,12H2,1-4H3/t13-,14-/m0/s1. The summed E-state index contributed by atoms with van der Waals surface area (Å²) in [6.07, 6.45) is 4.95. The smallest absolute Gasteiger partial charge is 0.231 e. The number of hydrogen-bond acceptors (Lipinski definition) is 9. The Bertz CT molecular complexity index is 1190. The first kappa shape index (κ1) is 22.1. The zero-order chi connectivity index (χ0) is 22.9. The Morgan fingerprint density at radius 2 is 1.81 bits per heavy atom. The molecule has 0 amide bonds. The van der Waals surface area contributed by atoms with Gasteiger partial charge in [-0.25, -0.2) is 18.4 Å². The predicted octanol–water partition coefficient (Wildman–Crippen LogP) is 2.59. The van der Waals surface area contributed by atoms with Crippen molar-refractivity contribution in [3.05, 3.63) is 42.1 Å². The Labute approximate surface area is 187 Å². The molecule has 1 fully saturated rings. The van der Waals surface area contributed by atoms with Crippen LogP contribution in [0.15, 0.2) is 30.6 Å². The zero-order valence-corrected chi connectivity index (χ0v) is 19.3. The molecule has 0 saturated heterocycles. The molecule has 0 bridgehead atoms. The number of aromatic nitrogens is 6. The Morgan fingerprint density at radius 3 is 2.44 bits per heavy atom. The van der Waals surface area contributed by atoms with Crippen LogP contribution >= 0.6 is 0 Å². The largest absolute Gasteiger partial charge is 0.481 e. The monoisotopic (exact) mass is 458 g/mol. The van der Waals surface area contributed by atoms with Gasteiger partial charge in [-0.15, -0.1) is 10.2 Å². The van der Waals surface area contributed by atoms with Gasteiger partial charge in [0.2, 0.25) is 11.8 Å².